The van der Waals surface area contributed by atoms with Gasteiger partial charge in [0.15, 0.2) is 0 Å². The van der Waals surface area contributed by atoms with Crippen molar-refractivity contribution in [2.45, 2.75) is 264 Å². The number of rotatable bonds is 45. The number of carbonyl (C=O) groups excluding carboxylic acids is 2. The predicted molar refractivity (Wildman–Crippen MR) is 246 cm³/mol. The maximum atomic E-state index is 12.4. The van der Waals surface area contributed by atoms with Crippen molar-refractivity contribution in [1.29, 1.82) is 0 Å². The van der Waals surface area contributed by atoms with Crippen molar-refractivity contribution in [3.63, 3.8) is 0 Å². The van der Waals surface area contributed by atoms with Crippen molar-refractivity contribution in [3.05, 3.63) is 36.5 Å². The van der Waals surface area contributed by atoms with Gasteiger partial charge in [0.2, 0.25) is 5.91 Å². The average molecular weight is 802 g/mol. The number of aliphatic hydroxyl groups is 2. The van der Waals surface area contributed by atoms with Gasteiger partial charge in [-0.25, -0.2) is 0 Å². The van der Waals surface area contributed by atoms with E-state index in [1.807, 2.05) is 0 Å². The number of carbonyl (C=O) groups is 2. The number of unbranched alkanes of at least 4 members (excludes halogenated alkanes) is 29. The van der Waals surface area contributed by atoms with Crippen LogP contribution < -0.4 is 5.32 Å². The molecular weight excluding hydrogens is 707 g/mol. The van der Waals surface area contributed by atoms with Gasteiger partial charge in [0.25, 0.3) is 0 Å². The van der Waals surface area contributed by atoms with E-state index in [-0.39, 0.29) is 18.5 Å². The van der Waals surface area contributed by atoms with Crippen LogP contribution in [0, 0.1) is 0 Å². The molecule has 0 aliphatic heterocycles. The molecular formula is C51H95NO5. The Kier molecular flexibility index (Phi) is 45.2. The van der Waals surface area contributed by atoms with Gasteiger partial charge < -0.3 is 20.3 Å². The fraction of sp³-hybridized carbons (Fsp3) is 0.843. The summed E-state index contributed by atoms with van der Waals surface area (Å²) in [7, 11) is 0. The quantitative estimate of drug-likeness (QED) is 0.0247. The van der Waals surface area contributed by atoms with Gasteiger partial charge in [-0.2, -0.15) is 0 Å². The Morgan fingerprint density at radius 1 is 0.491 bits per heavy atom. The first-order chi connectivity index (χ1) is 28.0. The molecule has 6 nitrogen and oxygen atoms in total. The molecule has 2 unspecified atom stereocenters. The first-order valence-corrected chi connectivity index (χ1v) is 24.8. The van der Waals surface area contributed by atoms with Crippen molar-refractivity contribution in [3.8, 4) is 0 Å². The molecule has 0 bridgehead atoms. The summed E-state index contributed by atoms with van der Waals surface area (Å²) in [4.78, 5) is 24.4. The summed E-state index contributed by atoms with van der Waals surface area (Å²) in [5.41, 5.74) is 0. The molecule has 3 N–H and O–H groups in total. The maximum Gasteiger partial charge on any atom is 0.305 e. The van der Waals surface area contributed by atoms with E-state index in [0.29, 0.717) is 25.9 Å². The van der Waals surface area contributed by atoms with Crippen molar-refractivity contribution in [2.75, 3.05) is 13.2 Å². The monoisotopic (exact) mass is 802 g/mol. The highest BCUT2D eigenvalue weighted by Crippen LogP contribution is 2.15. The van der Waals surface area contributed by atoms with Crippen LogP contribution in [0.25, 0.3) is 0 Å². The van der Waals surface area contributed by atoms with E-state index in [0.717, 1.165) is 77.0 Å². The van der Waals surface area contributed by atoms with Crippen LogP contribution in [0.5, 0.6) is 0 Å². The van der Waals surface area contributed by atoms with Crippen LogP contribution in [-0.2, 0) is 14.3 Å². The highest BCUT2D eigenvalue weighted by molar-refractivity contribution is 5.76. The first-order valence-electron chi connectivity index (χ1n) is 24.8. The number of amides is 1. The molecule has 0 heterocycles. The summed E-state index contributed by atoms with van der Waals surface area (Å²) >= 11 is 0. The van der Waals surface area contributed by atoms with Crippen molar-refractivity contribution >= 4 is 11.9 Å². The zero-order valence-electron chi connectivity index (χ0n) is 37.8. The number of esters is 1. The van der Waals surface area contributed by atoms with Gasteiger partial charge in [-0.3, -0.25) is 9.59 Å². The van der Waals surface area contributed by atoms with Gasteiger partial charge in [0, 0.05) is 12.8 Å². The molecule has 0 spiro atoms. The van der Waals surface area contributed by atoms with Crippen LogP contribution in [0.2, 0.25) is 0 Å². The molecule has 0 aromatic rings. The van der Waals surface area contributed by atoms with Gasteiger partial charge >= 0.3 is 5.97 Å². The molecule has 0 saturated carbocycles. The minimum Gasteiger partial charge on any atom is -0.466 e. The largest absolute Gasteiger partial charge is 0.466 e. The zero-order chi connectivity index (χ0) is 41.5. The van der Waals surface area contributed by atoms with Crippen LogP contribution in [0.15, 0.2) is 36.5 Å². The van der Waals surface area contributed by atoms with Gasteiger partial charge in [-0.15, -0.1) is 0 Å². The molecule has 6 heteroatoms. The second kappa shape index (κ2) is 46.8. The van der Waals surface area contributed by atoms with Crippen LogP contribution in [0.3, 0.4) is 0 Å². The lowest BCUT2D eigenvalue weighted by molar-refractivity contribution is -0.143. The van der Waals surface area contributed by atoms with E-state index in [4.69, 9.17) is 4.74 Å². The van der Waals surface area contributed by atoms with Gasteiger partial charge in [0.1, 0.15) is 0 Å². The second-order valence-corrected chi connectivity index (χ2v) is 16.8. The van der Waals surface area contributed by atoms with Crippen LogP contribution in [0.4, 0.5) is 0 Å². The number of hydrogen-bond donors (Lipinski definition) is 3. The second-order valence-electron chi connectivity index (χ2n) is 16.8. The van der Waals surface area contributed by atoms with Gasteiger partial charge in [-0.1, -0.05) is 192 Å². The Morgan fingerprint density at radius 3 is 1.39 bits per heavy atom. The number of allylic oxidation sites excluding steroid dienone is 6. The minimum absolute atomic E-state index is 0.0325. The molecule has 0 fully saturated rings. The zero-order valence-corrected chi connectivity index (χ0v) is 37.8. The Balaban J connectivity index is 3.54. The third-order valence-electron chi connectivity index (χ3n) is 11.2. The van der Waals surface area contributed by atoms with E-state index in [1.165, 1.54) is 141 Å². The molecule has 334 valence electrons. The normalized spacial score (nSPS) is 13.0. The fourth-order valence-corrected chi connectivity index (χ4v) is 7.33. The summed E-state index contributed by atoms with van der Waals surface area (Å²) < 4.78 is 5.42. The third kappa shape index (κ3) is 43.5. The summed E-state index contributed by atoms with van der Waals surface area (Å²) in [5, 5.41) is 23.1. The highest BCUT2D eigenvalue weighted by atomic mass is 16.5. The summed E-state index contributed by atoms with van der Waals surface area (Å²) in [6.07, 6.45) is 55.4. The van der Waals surface area contributed by atoms with Crippen molar-refractivity contribution in [2.24, 2.45) is 0 Å². The molecule has 1 amide bonds. The third-order valence-corrected chi connectivity index (χ3v) is 11.2. The smallest absolute Gasteiger partial charge is 0.305 e. The SMILES string of the molecule is CCCCC/C=C\CCCCCCCC(=O)OCCCCC/C=C\C=C/CCCCCCCCC(=O)NC(CO)C(O)CCCCCCCCCCCCCCC. The Labute approximate surface area is 353 Å². The topological polar surface area (TPSA) is 95.9 Å². The van der Waals surface area contributed by atoms with Gasteiger partial charge in [0.05, 0.1) is 25.4 Å². The van der Waals surface area contributed by atoms with Crippen molar-refractivity contribution < 1.29 is 24.5 Å². The molecule has 57 heavy (non-hydrogen) atoms. The van der Waals surface area contributed by atoms with E-state index in [2.05, 4.69) is 55.6 Å². The number of aliphatic hydroxyl groups excluding tert-OH is 2. The van der Waals surface area contributed by atoms with E-state index in [1.54, 1.807) is 0 Å². The van der Waals surface area contributed by atoms with Crippen molar-refractivity contribution in [1.82, 2.24) is 5.32 Å². The molecule has 0 aromatic carbocycles. The standard InChI is InChI=1S/C51H95NO5/c1-3-5-7-9-11-13-15-20-23-27-31-35-39-43-49(54)48(47-53)52-50(55)44-40-36-32-28-24-21-18-17-19-22-26-30-34-38-42-46-57-51(56)45-41-37-33-29-25-16-14-12-10-8-6-4-2/h12,14,17,19,22,26,48-49,53-54H,3-11,13,15-16,18,20-21,23-25,27-47H2,1-2H3,(H,52,55)/b14-12-,19-17-,26-22-. The summed E-state index contributed by atoms with van der Waals surface area (Å²) in [5.74, 6) is -0.0915. The van der Waals surface area contributed by atoms with Crippen LogP contribution in [0.1, 0.15) is 251 Å². The Bertz CT molecular complexity index is 931. The van der Waals surface area contributed by atoms with E-state index >= 15 is 0 Å². The first kappa shape index (κ1) is 55.1. The lowest BCUT2D eigenvalue weighted by Crippen LogP contribution is -2.45. The fourth-order valence-electron chi connectivity index (χ4n) is 7.33. The van der Waals surface area contributed by atoms with Gasteiger partial charge in [-0.05, 0) is 83.5 Å². The molecule has 0 radical (unpaired) electrons. The molecule has 2 atom stereocenters. The van der Waals surface area contributed by atoms with Crippen LogP contribution in [-0.4, -0.2) is 47.4 Å². The predicted octanol–water partition coefficient (Wildman–Crippen LogP) is 14.5. The minimum atomic E-state index is -0.678. The number of nitrogens with one attached hydrogen (secondary N) is 1. The van der Waals surface area contributed by atoms with E-state index in [9.17, 15) is 19.8 Å². The highest BCUT2D eigenvalue weighted by Gasteiger charge is 2.20. The number of hydrogen-bond acceptors (Lipinski definition) is 5. The molecule has 0 aliphatic rings. The molecule has 0 saturated heterocycles. The summed E-state index contributed by atoms with van der Waals surface area (Å²) in [6, 6.07) is -0.557. The molecule has 0 aromatic heterocycles. The molecule has 0 rings (SSSR count). The average Bonchev–Trinajstić information content (AvgIpc) is 3.21. The lowest BCUT2D eigenvalue weighted by atomic mass is 10.0. The summed E-state index contributed by atoms with van der Waals surface area (Å²) in [6.45, 7) is 4.85. The van der Waals surface area contributed by atoms with E-state index < -0.39 is 12.1 Å². The van der Waals surface area contributed by atoms with Crippen LogP contribution >= 0.6 is 0 Å². The lowest BCUT2D eigenvalue weighted by Gasteiger charge is -2.22. The Hall–Kier alpha value is -1.92. The molecule has 0 aliphatic carbocycles. The maximum absolute atomic E-state index is 12.4. The Morgan fingerprint density at radius 2 is 0.877 bits per heavy atom. The number of ether oxygens (including phenoxy) is 1.